The number of carbonyl (C=O) groups is 1. The number of aryl methyl sites for hydroxylation is 1. The first-order valence-electron chi connectivity index (χ1n) is 6.59. The third kappa shape index (κ3) is 3.49. The Hall–Kier alpha value is -0.260. The lowest BCUT2D eigenvalue weighted by molar-refractivity contribution is 0.0288. The molecule has 112 valence electrons. The molecule has 1 aliphatic carbocycles. The second-order valence-electron chi connectivity index (χ2n) is 6.12. The average molecular weight is 381 g/mol. The van der Waals surface area contributed by atoms with E-state index in [4.69, 9.17) is 16.3 Å². The van der Waals surface area contributed by atoms with Crippen molar-refractivity contribution in [1.29, 1.82) is 0 Å². The Kier molecular flexibility index (Phi) is 4.72. The summed E-state index contributed by atoms with van der Waals surface area (Å²) in [5.74, 6) is 0.303. The van der Waals surface area contributed by atoms with Crippen molar-refractivity contribution in [2.24, 2.45) is 0 Å². The summed E-state index contributed by atoms with van der Waals surface area (Å²) in [5.41, 5.74) is 0.744. The van der Waals surface area contributed by atoms with Crippen molar-refractivity contribution in [2.75, 3.05) is 13.6 Å². The smallest absolute Gasteiger partial charge is 0.410 e. The van der Waals surface area contributed by atoms with Gasteiger partial charge in [0.15, 0.2) is 0 Å². The van der Waals surface area contributed by atoms with Crippen LogP contribution in [0.5, 0.6) is 0 Å². The normalized spacial score (nSPS) is 18.0. The van der Waals surface area contributed by atoms with Gasteiger partial charge in [0.1, 0.15) is 5.60 Å². The van der Waals surface area contributed by atoms with E-state index in [1.807, 2.05) is 20.8 Å². The molecule has 3 nitrogen and oxygen atoms in total. The topological polar surface area (TPSA) is 29.5 Å². The summed E-state index contributed by atoms with van der Waals surface area (Å²) in [4.78, 5) is 15.0. The van der Waals surface area contributed by atoms with Crippen LogP contribution in [0.4, 0.5) is 4.79 Å². The molecule has 6 heteroatoms. The van der Waals surface area contributed by atoms with Crippen molar-refractivity contribution < 1.29 is 9.53 Å². The first-order valence-corrected chi connectivity index (χ1v) is 8.58. The highest BCUT2D eigenvalue weighted by atomic mass is 79.9. The molecular formula is C14H19BrClNO2S. The van der Waals surface area contributed by atoms with E-state index in [9.17, 15) is 4.79 Å². The Bertz CT molecular complexity index is 524. The number of halogens is 2. The van der Waals surface area contributed by atoms with Crippen molar-refractivity contribution in [1.82, 2.24) is 4.90 Å². The Labute approximate surface area is 137 Å². The molecule has 1 aromatic heterocycles. The molecule has 1 aliphatic rings. The molecule has 1 atom stereocenters. The number of nitrogens with zero attached hydrogens (tertiary/aromatic N) is 1. The van der Waals surface area contributed by atoms with Crippen molar-refractivity contribution >= 4 is 45.0 Å². The van der Waals surface area contributed by atoms with Gasteiger partial charge in [-0.3, -0.25) is 0 Å². The van der Waals surface area contributed by atoms with Gasteiger partial charge in [-0.25, -0.2) is 4.79 Å². The van der Waals surface area contributed by atoms with E-state index >= 15 is 0 Å². The number of fused-ring (bicyclic) bond motifs is 1. The Morgan fingerprint density at radius 2 is 2.20 bits per heavy atom. The molecule has 20 heavy (non-hydrogen) atoms. The van der Waals surface area contributed by atoms with Crippen LogP contribution in [0, 0.1) is 0 Å². The predicted molar refractivity (Wildman–Crippen MR) is 87.0 cm³/mol. The first-order chi connectivity index (χ1) is 9.19. The van der Waals surface area contributed by atoms with E-state index in [-0.39, 0.29) is 6.09 Å². The van der Waals surface area contributed by atoms with Crippen molar-refractivity contribution in [2.45, 2.75) is 45.1 Å². The molecule has 0 saturated heterocycles. The molecular weight excluding hydrogens is 362 g/mol. The fourth-order valence-corrected chi connectivity index (χ4v) is 4.66. The first kappa shape index (κ1) is 16.1. The van der Waals surface area contributed by atoms with Crippen LogP contribution >= 0.6 is 38.9 Å². The minimum absolute atomic E-state index is 0.281. The van der Waals surface area contributed by atoms with E-state index in [2.05, 4.69) is 15.9 Å². The van der Waals surface area contributed by atoms with Gasteiger partial charge >= 0.3 is 6.09 Å². The van der Waals surface area contributed by atoms with Crippen molar-refractivity contribution in [3.63, 3.8) is 0 Å². The van der Waals surface area contributed by atoms with Gasteiger partial charge < -0.3 is 9.64 Å². The third-order valence-corrected chi connectivity index (χ3v) is 5.92. The number of thiophene rings is 1. The molecule has 0 fully saturated rings. The van der Waals surface area contributed by atoms with Gasteiger partial charge in [-0.15, -0.1) is 11.3 Å². The predicted octanol–water partition coefficient (Wildman–Crippen LogP) is 5.06. The highest BCUT2D eigenvalue weighted by Gasteiger charge is 2.31. The zero-order valence-corrected chi connectivity index (χ0v) is 15.3. The molecule has 0 radical (unpaired) electrons. The maximum atomic E-state index is 12.0. The van der Waals surface area contributed by atoms with E-state index in [1.165, 1.54) is 10.4 Å². The molecule has 1 unspecified atom stereocenters. The maximum Gasteiger partial charge on any atom is 0.410 e. The van der Waals surface area contributed by atoms with Crippen molar-refractivity contribution in [3.05, 3.63) is 19.2 Å². The van der Waals surface area contributed by atoms with E-state index < -0.39 is 5.60 Å². The summed E-state index contributed by atoms with van der Waals surface area (Å²) in [6.07, 6.45) is 1.80. The van der Waals surface area contributed by atoms with E-state index in [0.717, 1.165) is 21.7 Å². The van der Waals surface area contributed by atoms with Gasteiger partial charge in [0.2, 0.25) is 0 Å². The summed E-state index contributed by atoms with van der Waals surface area (Å²) in [7, 11) is 1.78. The summed E-state index contributed by atoms with van der Waals surface area (Å²) < 4.78 is 6.37. The molecule has 0 bridgehead atoms. The molecule has 2 rings (SSSR count). The second-order valence-corrected chi connectivity index (χ2v) is 8.92. The monoisotopic (exact) mass is 379 g/mol. The summed E-state index contributed by atoms with van der Waals surface area (Å²) >= 11 is 11.5. The molecule has 0 saturated carbocycles. The SMILES string of the molecule is CN(CC1CCc2sc(Br)c(Cl)c21)C(=O)OC(C)(C)C. The average Bonchev–Trinajstić information content (AvgIpc) is 2.80. The quantitative estimate of drug-likeness (QED) is 0.717. The van der Waals surface area contributed by atoms with Crippen LogP contribution in [-0.4, -0.2) is 30.2 Å². The second kappa shape index (κ2) is 5.85. The minimum Gasteiger partial charge on any atom is -0.444 e. The molecule has 1 heterocycles. The number of hydrogen-bond acceptors (Lipinski definition) is 3. The number of ether oxygens (including phenoxy) is 1. The number of likely N-dealkylation sites (N-methyl/N-ethyl adjacent to an activating group) is 1. The summed E-state index contributed by atoms with van der Waals surface area (Å²) in [6.45, 7) is 6.27. The maximum absolute atomic E-state index is 12.0. The standard InChI is InChI=1S/C14H19BrClNO2S/c1-14(2,3)19-13(18)17(4)7-8-5-6-9-10(8)11(16)12(15)20-9/h8H,5-7H2,1-4H3. The van der Waals surface area contributed by atoms with Crippen LogP contribution in [0.15, 0.2) is 3.79 Å². The fourth-order valence-electron chi connectivity index (χ4n) is 2.41. The van der Waals surface area contributed by atoms with Gasteiger partial charge in [-0.2, -0.15) is 0 Å². The van der Waals surface area contributed by atoms with Gasteiger partial charge in [-0.05, 0) is 55.1 Å². The van der Waals surface area contributed by atoms with Crippen LogP contribution in [-0.2, 0) is 11.2 Å². The molecule has 0 aromatic carbocycles. The number of rotatable bonds is 2. The van der Waals surface area contributed by atoms with Crippen LogP contribution < -0.4 is 0 Å². The highest BCUT2D eigenvalue weighted by molar-refractivity contribution is 9.11. The molecule has 0 aliphatic heterocycles. The largest absolute Gasteiger partial charge is 0.444 e. The minimum atomic E-state index is -0.463. The number of hydrogen-bond donors (Lipinski definition) is 0. The highest BCUT2D eigenvalue weighted by Crippen LogP contribution is 2.47. The Morgan fingerprint density at radius 1 is 1.55 bits per heavy atom. The van der Waals surface area contributed by atoms with Crippen molar-refractivity contribution in [3.8, 4) is 0 Å². The van der Waals surface area contributed by atoms with Crippen LogP contribution in [0.1, 0.15) is 43.6 Å². The lowest BCUT2D eigenvalue weighted by atomic mass is 10.0. The number of carbonyl (C=O) groups excluding carboxylic acids is 1. The molecule has 1 aromatic rings. The Morgan fingerprint density at radius 3 is 2.80 bits per heavy atom. The fraction of sp³-hybridized carbons (Fsp3) is 0.643. The van der Waals surface area contributed by atoms with Crippen LogP contribution in [0.2, 0.25) is 5.02 Å². The van der Waals surface area contributed by atoms with Crippen LogP contribution in [0.3, 0.4) is 0 Å². The lowest BCUT2D eigenvalue weighted by Gasteiger charge is -2.26. The zero-order valence-electron chi connectivity index (χ0n) is 12.1. The van der Waals surface area contributed by atoms with Gasteiger partial charge in [0, 0.05) is 24.4 Å². The van der Waals surface area contributed by atoms with Gasteiger partial charge in [0.05, 0.1) is 8.81 Å². The van der Waals surface area contributed by atoms with E-state index in [0.29, 0.717) is 12.5 Å². The molecule has 0 spiro atoms. The summed E-state index contributed by atoms with van der Waals surface area (Å²) in [6, 6.07) is 0. The third-order valence-electron chi connectivity index (χ3n) is 3.25. The van der Waals surface area contributed by atoms with E-state index in [1.54, 1.807) is 23.3 Å². The van der Waals surface area contributed by atoms with Gasteiger partial charge in [-0.1, -0.05) is 11.6 Å². The number of amides is 1. The Balaban J connectivity index is 2.04. The van der Waals surface area contributed by atoms with Gasteiger partial charge in [0.25, 0.3) is 0 Å². The zero-order chi connectivity index (χ0) is 15.1. The lowest BCUT2D eigenvalue weighted by Crippen LogP contribution is -2.36. The molecule has 0 N–H and O–H groups in total. The molecule has 1 amide bonds. The summed E-state index contributed by atoms with van der Waals surface area (Å²) in [5, 5.41) is 0.810. The van der Waals surface area contributed by atoms with Crippen LogP contribution in [0.25, 0.3) is 0 Å².